The summed E-state index contributed by atoms with van der Waals surface area (Å²) in [5.74, 6) is -0.000762. The van der Waals surface area contributed by atoms with Crippen LogP contribution in [0.5, 0.6) is 0 Å². The molecule has 14 heavy (non-hydrogen) atoms. The third-order valence-corrected chi connectivity index (χ3v) is 3.20. The number of carbonyl (C=O) groups excluding carboxylic acids is 1. The lowest BCUT2D eigenvalue weighted by atomic mass is 9.77. The van der Waals surface area contributed by atoms with Crippen molar-refractivity contribution in [2.24, 2.45) is 11.7 Å². The molecule has 1 aliphatic rings. The van der Waals surface area contributed by atoms with Gasteiger partial charge < -0.3 is 16.2 Å². The maximum absolute atomic E-state index is 11.7. The maximum Gasteiger partial charge on any atom is 0.240 e. The summed E-state index contributed by atoms with van der Waals surface area (Å²) in [4.78, 5) is 11.7. The average Bonchev–Trinajstić information content (AvgIpc) is 2.12. The second-order valence-electron chi connectivity index (χ2n) is 4.43. The summed E-state index contributed by atoms with van der Waals surface area (Å²) in [5, 5.41) is 11.8. The summed E-state index contributed by atoms with van der Waals surface area (Å²) in [6.07, 6.45) is 2.59. The van der Waals surface area contributed by atoms with Gasteiger partial charge in [0.25, 0.3) is 0 Å². The van der Waals surface area contributed by atoms with Crippen molar-refractivity contribution in [3.05, 3.63) is 0 Å². The van der Waals surface area contributed by atoms with Crippen molar-refractivity contribution in [3.63, 3.8) is 0 Å². The van der Waals surface area contributed by atoms with Gasteiger partial charge >= 0.3 is 0 Å². The molecule has 4 N–H and O–H groups in total. The van der Waals surface area contributed by atoms with E-state index >= 15 is 0 Å². The van der Waals surface area contributed by atoms with Gasteiger partial charge in [-0.2, -0.15) is 0 Å². The van der Waals surface area contributed by atoms with E-state index in [4.69, 9.17) is 10.8 Å². The van der Waals surface area contributed by atoms with Crippen LogP contribution in [0, 0.1) is 5.92 Å². The Morgan fingerprint density at radius 1 is 1.57 bits per heavy atom. The highest BCUT2D eigenvalue weighted by Crippen LogP contribution is 2.29. The van der Waals surface area contributed by atoms with Crippen LogP contribution >= 0.6 is 0 Å². The van der Waals surface area contributed by atoms with E-state index in [-0.39, 0.29) is 24.5 Å². The molecule has 0 bridgehead atoms. The largest absolute Gasteiger partial charge is 0.396 e. The highest BCUT2D eigenvalue weighted by Gasteiger charge is 2.40. The van der Waals surface area contributed by atoms with E-state index in [0.29, 0.717) is 0 Å². The molecule has 0 aromatic heterocycles. The van der Waals surface area contributed by atoms with E-state index in [2.05, 4.69) is 5.32 Å². The van der Waals surface area contributed by atoms with Crippen LogP contribution in [0.3, 0.4) is 0 Å². The third kappa shape index (κ3) is 2.25. The van der Waals surface area contributed by atoms with Gasteiger partial charge in [-0.3, -0.25) is 4.79 Å². The van der Waals surface area contributed by atoms with Crippen LogP contribution in [-0.2, 0) is 4.79 Å². The Hall–Kier alpha value is -0.610. The van der Waals surface area contributed by atoms with Crippen LogP contribution in [0.4, 0.5) is 0 Å². The first kappa shape index (κ1) is 11.5. The third-order valence-electron chi connectivity index (χ3n) is 3.20. The fraction of sp³-hybridized carbons (Fsp3) is 0.900. The van der Waals surface area contributed by atoms with Gasteiger partial charge in [-0.05, 0) is 32.1 Å². The molecule has 4 heteroatoms. The molecular weight excluding hydrogens is 180 g/mol. The minimum atomic E-state index is -0.635. The van der Waals surface area contributed by atoms with Crippen molar-refractivity contribution < 1.29 is 9.90 Å². The molecule has 82 valence electrons. The first-order valence-electron chi connectivity index (χ1n) is 5.20. The first-order chi connectivity index (χ1) is 6.49. The second kappa shape index (κ2) is 4.28. The molecule has 2 unspecified atom stereocenters. The maximum atomic E-state index is 11.7. The van der Waals surface area contributed by atoms with Crippen LogP contribution in [0.25, 0.3) is 0 Å². The molecule has 0 aromatic carbocycles. The van der Waals surface area contributed by atoms with E-state index in [1.165, 1.54) is 0 Å². The fourth-order valence-corrected chi connectivity index (χ4v) is 1.44. The Morgan fingerprint density at radius 2 is 2.14 bits per heavy atom. The molecule has 1 rings (SSSR count). The lowest BCUT2D eigenvalue weighted by molar-refractivity contribution is -0.130. The lowest BCUT2D eigenvalue weighted by Gasteiger charge is -2.37. The van der Waals surface area contributed by atoms with Gasteiger partial charge in [0.05, 0.1) is 5.54 Å². The Morgan fingerprint density at radius 3 is 2.50 bits per heavy atom. The van der Waals surface area contributed by atoms with E-state index in [9.17, 15) is 4.79 Å². The molecular formula is C10H20N2O2. The highest BCUT2D eigenvalue weighted by molar-refractivity contribution is 5.87. The predicted molar refractivity (Wildman–Crippen MR) is 54.6 cm³/mol. The standard InChI is InChI=1S/C10H20N2O2/c1-7(6-13)8(2)12-9(14)10(11)4-3-5-10/h7-8,13H,3-6,11H2,1-2H3,(H,12,14). The first-order valence-corrected chi connectivity index (χ1v) is 5.20. The molecule has 0 aliphatic heterocycles. The Labute approximate surface area is 84.9 Å². The second-order valence-corrected chi connectivity index (χ2v) is 4.43. The number of aliphatic hydroxyl groups is 1. The number of rotatable bonds is 4. The molecule has 0 heterocycles. The normalized spacial score (nSPS) is 23.4. The van der Waals surface area contributed by atoms with Crippen LogP contribution in [0.15, 0.2) is 0 Å². The molecule has 0 radical (unpaired) electrons. The van der Waals surface area contributed by atoms with Crippen molar-refractivity contribution in [2.45, 2.75) is 44.7 Å². The number of hydrogen-bond acceptors (Lipinski definition) is 3. The van der Waals surface area contributed by atoms with Crippen LogP contribution in [-0.4, -0.2) is 29.2 Å². The summed E-state index contributed by atoms with van der Waals surface area (Å²) < 4.78 is 0. The molecule has 0 spiro atoms. The van der Waals surface area contributed by atoms with Crippen molar-refractivity contribution in [3.8, 4) is 0 Å². The fourth-order valence-electron chi connectivity index (χ4n) is 1.44. The lowest BCUT2D eigenvalue weighted by Crippen LogP contribution is -2.60. The van der Waals surface area contributed by atoms with Gasteiger partial charge in [0.1, 0.15) is 0 Å². The zero-order valence-corrected chi connectivity index (χ0v) is 8.92. The van der Waals surface area contributed by atoms with Crippen molar-refractivity contribution >= 4 is 5.91 Å². The minimum Gasteiger partial charge on any atom is -0.396 e. The molecule has 0 aromatic rings. The number of hydrogen-bond donors (Lipinski definition) is 3. The van der Waals surface area contributed by atoms with Crippen molar-refractivity contribution in [1.82, 2.24) is 5.32 Å². The van der Waals surface area contributed by atoms with Gasteiger partial charge in [0.2, 0.25) is 5.91 Å². The zero-order valence-electron chi connectivity index (χ0n) is 8.92. The summed E-state index contributed by atoms with van der Waals surface area (Å²) >= 11 is 0. The average molecular weight is 200 g/mol. The van der Waals surface area contributed by atoms with Gasteiger partial charge in [-0.1, -0.05) is 6.92 Å². The van der Waals surface area contributed by atoms with E-state index in [0.717, 1.165) is 19.3 Å². The van der Waals surface area contributed by atoms with E-state index in [1.807, 2.05) is 13.8 Å². The SMILES string of the molecule is CC(CO)C(C)NC(=O)C1(N)CCC1. The van der Waals surface area contributed by atoms with E-state index < -0.39 is 5.54 Å². The summed E-state index contributed by atoms with van der Waals surface area (Å²) in [6.45, 7) is 3.87. The van der Waals surface area contributed by atoms with Gasteiger partial charge in [-0.15, -0.1) is 0 Å². The smallest absolute Gasteiger partial charge is 0.240 e. The Balaban J connectivity index is 2.40. The Bertz CT molecular complexity index is 214. The van der Waals surface area contributed by atoms with E-state index in [1.54, 1.807) is 0 Å². The molecule has 1 amide bonds. The van der Waals surface area contributed by atoms with Crippen molar-refractivity contribution in [2.75, 3.05) is 6.61 Å². The number of nitrogens with one attached hydrogen (secondary N) is 1. The topological polar surface area (TPSA) is 75.3 Å². The van der Waals surface area contributed by atoms with Gasteiger partial charge in [0, 0.05) is 12.6 Å². The van der Waals surface area contributed by atoms with Gasteiger partial charge in [0.15, 0.2) is 0 Å². The molecule has 0 saturated heterocycles. The zero-order chi connectivity index (χ0) is 10.8. The predicted octanol–water partition coefficient (Wildman–Crippen LogP) is 0.000900. The molecule has 1 saturated carbocycles. The monoisotopic (exact) mass is 200 g/mol. The van der Waals surface area contributed by atoms with Crippen molar-refractivity contribution in [1.29, 1.82) is 0 Å². The Kier molecular flexibility index (Phi) is 3.50. The minimum absolute atomic E-state index is 0.0199. The number of carbonyl (C=O) groups is 1. The quantitative estimate of drug-likeness (QED) is 0.598. The van der Waals surface area contributed by atoms with Gasteiger partial charge in [-0.25, -0.2) is 0 Å². The summed E-state index contributed by atoms with van der Waals surface area (Å²) in [7, 11) is 0. The molecule has 1 fully saturated rings. The van der Waals surface area contributed by atoms with Crippen LogP contribution in [0.1, 0.15) is 33.1 Å². The molecule has 2 atom stereocenters. The number of amides is 1. The molecule has 4 nitrogen and oxygen atoms in total. The molecule has 1 aliphatic carbocycles. The summed E-state index contributed by atoms with van der Waals surface area (Å²) in [5.41, 5.74) is 5.23. The van der Waals surface area contributed by atoms with Crippen LogP contribution in [0.2, 0.25) is 0 Å². The van der Waals surface area contributed by atoms with Crippen LogP contribution < -0.4 is 11.1 Å². The number of aliphatic hydroxyl groups excluding tert-OH is 1. The number of nitrogens with two attached hydrogens (primary N) is 1. The summed E-state index contributed by atoms with van der Waals surface area (Å²) in [6, 6.07) is -0.0199. The highest BCUT2D eigenvalue weighted by atomic mass is 16.3.